The van der Waals surface area contributed by atoms with Gasteiger partial charge in [-0.25, -0.2) is 4.39 Å². The number of allylic oxidation sites excluding steroid dienone is 1. The average molecular weight is 320 g/mol. The maximum Gasteiger partial charge on any atom is 0.123 e. The van der Waals surface area contributed by atoms with E-state index < -0.39 is 7.92 Å². The second kappa shape index (κ2) is 7.35. The summed E-state index contributed by atoms with van der Waals surface area (Å²) < 4.78 is 13.1. The lowest BCUT2D eigenvalue weighted by Crippen LogP contribution is -2.11. The van der Waals surface area contributed by atoms with Crippen molar-refractivity contribution in [3.05, 3.63) is 102 Å². The van der Waals surface area contributed by atoms with E-state index in [1.807, 2.05) is 24.3 Å². The van der Waals surface area contributed by atoms with Gasteiger partial charge in [-0.1, -0.05) is 78.9 Å². The van der Waals surface area contributed by atoms with Crippen molar-refractivity contribution >= 4 is 24.6 Å². The highest BCUT2D eigenvalue weighted by Crippen LogP contribution is 2.43. The molecule has 0 amide bonds. The molecule has 0 nitrogen and oxygen atoms in total. The summed E-state index contributed by atoms with van der Waals surface area (Å²) in [6.45, 7) is 2.16. The predicted molar refractivity (Wildman–Crippen MR) is 99.1 cm³/mol. The molecule has 0 aliphatic heterocycles. The second-order valence-corrected chi connectivity index (χ2v) is 7.75. The summed E-state index contributed by atoms with van der Waals surface area (Å²) in [6, 6.07) is 27.8. The van der Waals surface area contributed by atoms with Crippen LogP contribution in [0.2, 0.25) is 0 Å². The third-order valence-electron chi connectivity index (χ3n) is 3.63. The van der Waals surface area contributed by atoms with E-state index in [0.717, 1.165) is 5.56 Å². The lowest BCUT2D eigenvalue weighted by molar-refractivity contribution is 0.628. The zero-order valence-electron chi connectivity index (χ0n) is 13.0. The molecule has 114 valence electrons. The van der Waals surface area contributed by atoms with E-state index >= 15 is 0 Å². The van der Waals surface area contributed by atoms with Crippen LogP contribution in [0.25, 0.3) is 6.08 Å². The van der Waals surface area contributed by atoms with Crippen molar-refractivity contribution in [3.8, 4) is 0 Å². The SMILES string of the molecule is C/C(=C\c1ccc(F)cc1)P(c1ccccc1)c1ccccc1. The number of rotatable bonds is 4. The van der Waals surface area contributed by atoms with Gasteiger partial charge in [0.2, 0.25) is 0 Å². The Labute approximate surface area is 138 Å². The molecule has 0 fully saturated rings. The number of benzene rings is 3. The molecule has 0 aromatic heterocycles. The molecule has 0 spiro atoms. The van der Waals surface area contributed by atoms with Crippen LogP contribution in [0, 0.1) is 5.82 Å². The van der Waals surface area contributed by atoms with Crippen LogP contribution >= 0.6 is 7.92 Å². The number of halogens is 1. The molecule has 0 saturated heterocycles. The molecule has 23 heavy (non-hydrogen) atoms. The van der Waals surface area contributed by atoms with E-state index in [-0.39, 0.29) is 5.82 Å². The smallest absolute Gasteiger partial charge is 0.123 e. The van der Waals surface area contributed by atoms with Crippen molar-refractivity contribution < 1.29 is 4.39 Å². The summed E-state index contributed by atoms with van der Waals surface area (Å²) in [4.78, 5) is 0. The maximum atomic E-state index is 13.1. The van der Waals surface area contributed by atoms with E-state index in [1.54, 1.807) is 0 Å². The molecular formula is C21H18FP. The molecule has 0 N–H and O–H groups in total. The van der Waals surface area contributed by atoms with Crippen LogP contribution in [-0.2, 0) is 0 Å². The van der Waals surface area contributed by atoms with Crippen molar-refractivity contribution in [3.63, 3.8) is 0 Å². The zero-order chi connectivity index (χ0) is 16.1. The highest BCUT2D eigenvalue weighted by atomic mass is 31.1. The van der Waals surface area contributed by atoms with Gasteiger partial charge in [-0.2, -0.15) is 0 Å². The molecule has 0 saturated carbocycles. The third-order valence-corrected chi connectivity index (χ3v) is 6.09. The largest absolute Gasteiger partial charge is 0.207 e. The normalized spacial score (nSPS) is 11.7. The molecule has 3 aromatic carbocycles. The molecule has 0 bridgehead atoms. The monoisotopic (exact) mass is 320 g/mol. The minimum Gasteiger partial charge on any atom is -0.207 e. The van der Waals surface area contributed by atoms with Gasteiger partial charge in [0, 0.05) is 0 Å². The van der Waals surface area contributed by atoms with Gasteiger partial charge in [0.1, 0.15) is 5.82 Å². The molecule has 0 aliphatic carbocycles. The first kappa shape index (κ1) is 15.6. The molecule has 0 heterocycles. The third kappa shape index (κ3) is 3.94. The first-order chi connectivity index (χ1) is 11.2. The summed E-state index contributed by atoms with van der Waals surface area (Å²) in [5, 5.41) is 3.94. The molecule has 3 aromatic rings. The van der Waals surface area contributed by atoms with Gasteiger partial charge in [-0.3, -0.25) is 0 Å². The van der Waals surface area contributed by atoms with Crippen molar-refractivity contribution in [1.82, 2.24) is 0 Å². The highest BCUT2D eigenvalue weighted by Gasteiger charge is 2.15. The lowest BCUT2D eigenvalue weighted by atomic mass is 10.2. The molecule has 0 aliphatic rings. The fraction of sp³-hybridized carbons (Fsp3) is 0.0476. The van der Waals surface area contributed by atoms with Gasteiger partial charge >= 0.3 is 0 Å². The fourth-order valence-corrected chi connectivity index (χ4v) is 4.91. The molecule has 2 heteroatoms. The van der Waals surface area contributed by atoms with Crippen LogP contribution in [0.1, 0.15) is 12.5 Å². The Kier molecular flexibility index (Phi) is 5.00. The second-order valence-electron chi connectivity index (χ2n) is 5.34. The van der Waals surface area contributed by atoms with Gasteiger partial charge < -0.3 is 0 Å². The summed E-state index contributed by atoms with van der Waals surface area (Å²) in [5.74, 6) is -0.201. The molecule has 0 unspecified atom stereocenters. The van der Waals surface area contributed by atoms with Crippen molar-refractivity contribution in [1.29, 1.82) is 0 Å². The van der Waals surface area contributed by atoms with Crippen LogP contribution in [0.5, 0.6) is 0 Å². The van der Waals surface area contributed by atoms with E-state index in [9.17, 15) is 4.39 Å². The van der Waals surface area contributed by atoms with E-state index in [0.29, 0.717) is 0 Å². The first-order valence-electron chi connectivity index (χ1n) is 7.58. The summed E-state index contributed by atoms with van der Waals surface area (Å²) in [7, 11) is -0.576. The van der Waals surface area contributed by atoms with Crippen LogP contribution in [0.4, 0.5) is 4.39 Å². The molecular weight excluding hydrogens is 302 g/mol. The Morgan fingerprint density at radius 2 is 1.22 bits per heavy atom. The van der Waals surface area contributed by atoms with Crippen molar-refractivity contribution in [2.75, 3.05) is 0 Å². The fourth-order valence-electron chi connectivity index (χ4n) is 2.58. The van der Waals surface area contributed by atoms with Crippen molar-refractivity contribution in [2.24, 2.45) is 0 Å². The van der Waals surface area contributed by atoms with Gasteiger partial charge in [-0.05, 0) is 48.5 Å². The minimum absolute atomic E-state index is 0.201. The van der Waals surface area contributed by atoms with Crippen molar-refractivity contribution in [2.45, 2.75) is 6.92 Å². The Bertz CT molecular complexity index is 738. The van der Waals surface area contributed by atoms with Gasteiger partial charge in [-0.15, -0.1) is 0 Å². The van der Waals surface area contributed by atoms with Gasteiger partial charge in [0.15, 0.2) is 0 Å². The molecule has 3 rings (SSSR count). The Hall–Kier alpha value is -2.24. The quantitative estimate of drug-likeness (QED) is 0.571. The predicted octanol–water partition coefficient (Wildman–Crippen LogP) is 5.32. The zero-order valence-corrected chi connectivity index (χ0v) is 13.9. The highest BCUT2D eigenvalue weighted by molar-refractivity contribution is 7.76. The van der Waals surface area contributed by atoms with Crippen LogP contribution < -0.4 is 10.6 Å². The Morgan fingerprint density at radius 3 is 1.70 bits per heavy atom. The lowest BCUT2D eigenvalue weighted by Gasteiger charge is -2.19. The first-order valence-corrected chi connectivity index (χ1v) is 8.92. The molecule has 0 radical (unpaired) electrons. The van der Waals surface area contributed by atoms with Crippen LogP contribution in [0.3, 0.4) is 0 Å². The van der Waals surface area contributed by atoms with Crippen LogP contribution in [0.15, 0.2) is 90.2 Å². The molecule has 0 atom stereocenters. The minimum atomic E-state index is -0.576. The van der Waals surface area contributed by atoms with E-state index in [2.05, 4.69) is 61.5 Å². The number of hydrogen-bond donors (Lipinski definition) is 0. The Balaban J connectivity index is 2.03. The summed E-state index contributed by atoms with van der Waals surface area (Å²) in [5.41, 5.74) is 1.03. The summed E-state index contributed by atoms with van der Waals surface area (Å²) in [6.07, 6.45) is 2.16. The average Bonchev–Trinajstić information content (AvgIpc) is 2.59. The maximum absolute atomic E-state index is 13.1. The topological polar surface area (TPSA) is 0 Å². The van der Waals surface area contributed by atoms with E-state index in [1.165, 1.54) is 28.1 Å². The standard InChI is InChI=1S/C21H18FP/c1-17(16-18-12-14-19(22)15-13-18)23(20-8-4-2-5-9-20)21-10-6-3-7-11-21/h2-16H,1H3/b17-16+. The number of hydrogen-bond acceptors (Lipinski definition) is 0. The van der Waals surface area contributed by atoms with E-state index in [4.69, 9.17) is 0 Å². The summed E-state index contributed by atoms with van der Waals surface area (Å²) >= 11 is 0. The van der Waals surface area contributed by atoms with Crippen LogP contribution in [-0.4, -0.2) is 0 Å². The Morgan fingerprint density at radius 1 is 0.739 bits per heavy atom. The van der Waals surface area contributed by atoms with Gasteiger partial charge in [0.25, 0.3) is 0 Å². The van der Waals surface area contributed by atoms with Gasteiger partial charge in [0.05, 0.1) is 0 Å².